The van der Waals surface area contributed by atoms with Crippen molar-refractivity contribution in [3.63, 3.8) is 0 Å². The van der Waals surface area contributed by atoms with Gasteiger partial charge in [0.2, 0.25) is 15.9 Å². The first kappa shape index (κ1) is 12.8. The van der Waals surface area contributed by atoms with Crippen LogP contribution in [0, 0.1) is 0 Å². The molecule has 1 aliphatic rings. The second-order valence-corrected chi connectivity index (χ2v) is 5.56. The van der Waals surface area contributed by atoms with Gasteiger partial charge in [-0.2, -0.15) is 0 Å². The van der Waals surface area contributed by atoms with Crippen LogP contribution in [0.15, 0.2) is 23.1 Å². The Morgan fingerprint density at radius 1 is 1.56 bits per heavy atom. The van der Waals surface area contributed by atoms with Crippen molar-refractivity contribution in [1.29, 1.82) is 0 Å². The summed E-state index contributed by atoms with van der Waals surface area (Å²) in [6, 6.07) is 4.29. The predicted molar refractivity (Wildman–Crippen MR) is 64.7 cm³/mol. The second-order valence-electron chi connectivity index (χ2n) is 4.00. The molecule has 3 N–H and O–H groups in total. The molecular weight excluding hydrogens is 256 g/mol. The second kappa shape index (κ2) is 4.58. The standard InChI is InChI=1S/C11H14N2O4S/c1-2-13-11(14)9-6-17-10-4-3-7(5-8(9)10)18(12,15)16/h3-5,9H,2,6H2,1H3,(H,13,14)(H2,12,15,16). The minimum atomic E-state index is -3.77. The third-order valence-electron chi connectivity index (χ3n) is 2.76. The van der Waals surface area contributed by atoms with Gasteiger partial charge in [-0.25, -0.2) is 13.6 Å². The third kappa shape index (κ3) is 2.32. The van der Waals surface area contributed by atoms with Crippen LogP contribution in [-0.4, -0.2) is 27.5 Å². The summed E-state index contributed by atoms with van der Waals surface area (Å²) < 4.78 is 27.9. The van der Waals surface area contributed by atoms with Crippen molar-refractivity contribution >= 4 is 15.9 Å². The fourth-order valence-electron chi connectivity index (χ4n) is 1.88. The molecule has 18 heavy (non-hydrogen) atoms. The van der Waals surface area contributed by atoms with E-state index in [9.17, 15) is 13.2 Å². The minimum absolute atomic E-state index is 0.0129. The molecule has 0 aromatic heterocycles. The van der Waals surface area contributed by atoms with Crippen LogP contribution in [0.25, 0.3) is 0 Å². The smallest absolute Gasteiger partial charge is 0.238 e. The van der Waals surface area contributed by atoms with Gasteiger partial charge in [-0.3, -0.25) is 4.79 Å². The molecule has 0 bridgehead atoms. The normalized spacial score (nSPS) is 18.0. The van der Waals surface area contributed by atoms with Crippen molar-refractivity contribution in [1.82, 2.24) is 5.32 Å². The molecule has 0 radical (unpaired) electrons. The molecule has 6 nitrogen and oxygen atoms in total. The lowest BCUT2D eigenvalue weighted by molar-refractivity contribution is -0.122. The van der Waals surface area contributed by atoms with Gasteiger partial charge in [0.1, 0.15) is 18.3 Å². The monoisotopic (exact) mass is 270 g/mol. The zero-order valence-electron chi connectivity index (χ0n) is 9.84. The zero-order valence-corrected chi connectivity index (χ0v) is 10.7. The van der Waals surface area contributed by atoms with Gasteiger partial charge >= 0.3 is 0 Å². The van der Waals surface area contributed by atoms with E-state index in [0.717, 1.165) is 0 Å². The van der Waals surface area contributed by atoms with Crippen LogP contribution in [0.1, 0.15) is 18.4 Å². The number of nitrogens with one attached hydrogen (secondary N) is 1. The summed E-state index contributed by atoms with van der Waals surface area (Å²) in [7, 11) is -3.77. The molecule has 0 saturated heterocycles. The van der Waals surface area contributed by atoms with Gasteiger partial charge in [-0.1, -0.05) is 0 Å². The Morgan fingerprint density at radius 3 is 2.89 bits per heavy atom. The Morgan fingerprint density at radius 2 is 2.28 bits per heavy atom. The van der Waals surface area contributed by atoms with Crippen molar-refractivity contribution in [3.05, 3.63) is 23.8 Å². The van der Waals surface area contributed by atoms with E-state index in [1.807, 2.05) is 6.92 Å². The molecule has 0 fully saturated rings. The number of sulfonamides is 1. The minimum Gasteiger partial charge on any atom is -0.492 e. The predicted octanol–water partition coefficient (Wildman–Crippen LogP) is -0.0539. The Kier molecular flexibility index (Phi) is 3.27. The van der Waals surface area contributed by atoms with Crippen LogP contribution in [0.4, 0.5) is 0 Å². The maximum atomic E-state index is 11.8. The van der Waals surface area contributed by atoms with E-state index in [4.69, 9.17) is 9.88 Å². The number of nitrogens with two attached hydrogens (primary N) is 1. The van der Waals surface area contributed by atoms with Gasteiger partial charge in [-0.05, 0) is 25.1 Å². The molecule has 1 unspecified atom stereocenters. The summed E-state index contributed by atoms with van der Waals surface area (Å²) >= 11 is 0. The van der Waals surface area contributed by atoms with Crippen LogP contribution >= 0.6 is 0 Å². The Labute approximate surface area is 105 Å². The number of primary sulfonamides is 1. The molecule has 1 atom stereocenters. The number of fused-ring (bicyclic) bond motifs is 1. The van der Waals surface area contributed by atoms with Gasteiger partial charge in [-0.15, -0.1) is 0 Å². The highest BCUT2D eigenvalue weighted by Gasteiger charge is 2.31. The molecule has 7 heteroatoms. The highest BCUT2D eigenvalue weighted by atomic mass is 32.2. The van der Waals surface area contributed by atoms with Crippen molar-refractivity contribution in [2.24, 2.45) is 5.14 Å². The summed E-state index contributed by atoms with van der Waals surface area (Å²) in [4.78, 5) is 11.8. The van der Waals surface area contributed by atoms with Crippen molar-refractivity contribution in [2.75, 3.05) is 13.2 Å². The number of carbonyl (C=O) groups excluding carboxylic acids is 1. The van der Waals surface area contributed by atoms with E-state index in [2.05, 4.69) is 5.32 Å². The first-order valence-electron chi connectivity index (χ1n) is 5.50. The van der Waals surface area contributed by atoms with E-state index in [0.29, 0.717) is 17.9 Å². The molecule has 0 saturated carbocycles. The average molecular weight is 270 g/mol. The van der Waals surface area contributed by atoms with Gasteiger partial charge < -0.3 is 10.1 Å². The van der Waals surface area contributed by atoms with Crippen LogP contribution in [0.3, 0.4) is 0 Å². The molecule has 0 aliphatic carbocycles. The number of carbonyl (C=O) groups is 1. The summed E-state index contributed by atoms with van der Waals surface area (Å²) in [6.45, 7) is 2.55. The molecule has 2 rings (SSSR count). The lowest BCUT2D eigenvalue weighted by Gasteiger charge is -2.09. The van der Waals surface area contributed by atoms with Gasteiger partial charge in [0, 0.05) is 12.1 Å². The number of hydrogen-bond donors (Lipinski definition) is 2. The largest absolute Gasteiger partial charge is 0.492 e. The topological polar surface area (TPSA) is 98.5 Å². The third-order valence-corrected chi connectivity index (χ3v) is 3.67. The van der Waals surface area contributed by atoms with Crippen LogP contribution in [0.2, 0.25) is 0 Å². The van der Waals surface area contributed by atoms with E-state index in [1.54, 1.807) is 0 Å². The van der Waals surface area contributed by atoms with Crippen LogP contribution < -0.4 is 15.2 Å². The maximum Gasteiger partial charge on any atom is 0.238 e. The van der Waals surface area contributed by atoms with E-state index < -0.39 is 15.9 Å². The molecule has 1 aliphatic heterocycles. The molecule has 98 valence electrons. The van der Waals surface area contributed by atoms with Crippen molar-refractivity contribution in [3.8, 4) is 5.75 Å². The maximum absolute atomic E-state index is 11.8. The van der Waals surface area contributed by atoms with Crippen LogP contribution in [0.5, 0.6) is 5.75 Å². The first-order chi connectivity index (χ1) is 8.43. The average Bonchev–Trinajstić information content (AvgIpc) is 2.70. The van der Waals surface area contributed by atoms with Crippen molar-refractivity contribution < 1.29 is 17.9 Å². The number of likely N-dealkylation sites (N-methyl/N-ethyl adjacent to an activating group) is 1. The number of ether oxygens (including phenoxy) is 1. The highest BCUT2D eigenvalue weighted by molar-refractivity contribution is 7.89. The Hall–Kier alpha value is -1.60. The Bertz CT molecular complexity index is 583. The SMILES string of the molecule is CCNC(=O)C1COc2ccc(S(N)(=O)=O)cc21. The lowest BCUT2D eigenvalue weighted by Crippen LogP contribution is -2.29. The summed E-state index contributed by atoms with van der Waals surface area (Å²) in [6.07, 6.45) is 0. The van der Waals surface area contributed by atoms with E-state index >= 15 is 0 Å². The van der Waals surface area contributed by atoms with Gasteiger partial charge in [0.25, 0.3) is 0 Å². The van der Waals surface area contributed by atoms with Gasteiger partial charge in [0.05, 0.1) is 4.90 Å². The number of rotatable bonds is 3. The number of hydrogen-bond acceptors (Lipinski definition) is 4. The zero-order chi connectivity index (χ0) is 13.3. The summed E-state index contributed by atoms with van der Waals surface area (Å²) in [5.74, 6) is -0.136. The number of benzene rings is 1. The Balaban J connectivity index is 2.39. The quantitative estimate of drug-likeness (QED) is 0.804. The molecule has 1 amide bonds. The fourth-order valence-corrected chi connectivity index (χ4v) is 2.43. The van der Waals surface area contributed by atoms with E-state index in [-0.39, 0.29) is 17.4 Å². The molecular formula is C11H14N2O4S. The highest BCUT2D eigenvalue weighted by Crippen LogP contribution is 2.35. The molecule has 0 spiro atoms. The van der Waals surface area contributed by atoms with E-state index in [1.165, 1.54) is 18.2 Å². The summed E-state index contributed by atoms with van der Waals surface area (Å²) in [5, 5.41) is 7.75. The fraction of sp³-hybridized carbons (Fsp3) is 0.364. The molecule has 1 aromatic rings. The molecule has 1 heterocycles. The number of amides is 1. The first-order valence-corrected chi connectivity index (χ1v) is 7.05. The summed E-state index contributed by atoms with van der Waals surface area (Å²) in [5.41, 5.74) is 0.562. The molecule has 1 aromatic carbocycles. The van der Waals surface area contributed by atoms with Crippen LogP contribution in [-0.2, 0) is 14.8 Å². The lowest BCUT2D eigenvalue weighted by atomic mass is 10.0. The van der Waals surface area contributed by atoms with Crippen molar-refractivity contribution in [2.45, 2.75) is 17.7 Å². The van der Waals surface area contributed by atoms with Gasteiger partial charge in [0.15, 0.2) is 0 Å².